The Balaban J connectivity index is 2.16. The molecule has 1 saturated heterocycles. The lowest BCUT2D eigenvalue weighted by molar-refractivity contribution is 0.00560. The van der Waals surface area contributed by atoms with Crippen molar-refractivity contribution in [2.45, 2.75) is 59.2 Å². The average molecular weight is 330 g/mol. The van der Waals surface area contributed by atoms with Gasteiger partial charge in [0, 0.05) is 13.1 Å². The van der Waals surface area contributed by atoms with Gasteiger partial charge in [0.2, 0.25) is 0 Å². The number of carbonyl (C=O) groups is 1. The number of anilines is 1. The van der Waals surface area contributed by atoms with Crippen molar-refractivity contribution in [1.29, 1.82) is 5.26 Å². The van der Waals surface area contributed by atoms with E-state index in [1.165, 1.54) is 0 Å². The lowest BCUT2D eigenvalue weighted by Gasteiger charge is -2.44. The van der Waals surface area contributed by atoms with Crippen molar-refractivity contribution in [3.63, 3.8) is 0 Å². The van der Waals surface area contributed by atoms with Gasteiger partial charge >= 0.3 is 6.09 Å². The fourth-order valence-corrected chi connectivity index (χ4v) is 2.99. The zero-order chi connectivity index (χ0) is 18.1. The van der Waals surface area contributed by atoms with Crippen LogP contribution >= 0.6 is 0 Å². The second-order valence-electron chi connectivity index (χ2n) is 7.44. The first-order chi connectivity index (χ1) is 11.1. The highest BCUT2D eigenvalue weighted by atomic mass is 16.6. The van der Waals surface area contributed by atoms with Gasteiger partial charge in [-0.25, -0.2) is 9.78 Å². The Morgan fingerprint density at radius 2 is 1.88 bits per heavy atom. The molecule has 2 heterocycles. The summed E-state index contributed by atoms with van der Waals surface area (Å²) in [5.74, 6) is 0.777. The van der Waals surface area contributed by atoms with E-state index in [1.807, 2.05) is 53.7 Å². The molecular weight excluding hydrogens is 304 g/mol. The number of aryl methyl sites for hydroxylation is 1. The SMILES string of the molecule is Cc1ccc(N2C[C@@H](C)N(C(=O)OC(C)(C)C)[C@@H](C)C2)nc1C#N. The molecule has 0 aromatic carbocycles. The average Bonchev–Trinajstić information content (AvgIpc) is 2.45. The van der Waals surface area contributed by atoms with Crippen molar-refractivity contribution in [3.05, 3.63) is 23.4 Å². The highest BCUT2D eigenvalue weighted by Gasteiger charge is 2.36. The fraction of sp³-hybridized carbons (Fsp3) is 0.611. The Labute approximate surface area is 144 Å². The molecule has 0 bridgehead atoms. The molecule has 0 saturated carbocycles. The molecule has 1 aliphatic heterocycles. The third kappa shape index (κ3) is 3.97. The largest absolute Gasteiger partial charge is 0.444 e. The number of pyridine rings is 1. The summed E-state index contributed by atoms with van der Waals surface area (Å²) in [4.78, 5) is 20.8. The van der Waals surface area contributed by atoms with Crippen LogP contribution in [0.25, 0.3) is 0 Å². The van der Waals surface area contributed by atoms with Crippen LogP contribution in [0.3, 0.4) is 0 Å². The quantitative estimate of drug-likeness (QED) is 0.791. The molecule has 0 unspecified atom stereocenters. The van der Waals surface area contributed by atoms with E-state index < -0.39 is 5.60 Å². The third-order valence-electron chi connectivity index (χ3n) is 4.04. The van der Waals surface area contributed by atoms with Crippen molar-refractivity contribution in [2.75, 3.05) is 18.0 Å². The highest BCUT2D eigenvalue weighted by molar-refractivity contribution is 5.69. The van der Waals surface area contributed by atoms with Gasteiger partial charge in [-0.1, -0.05) is 6.07 Å². The predicted molar refractivity (Wildman–Crippen MR) is 92.9 cm³/mol. The molecule has 2 rings (SSSR count). The summed E-state index contributed by atoms with van der Waals surface area (Å²) in [6, 6.07) is 5.96. The molecular formula is C18H26N4O2. The minimum absolute atomic E-state index is 0.00256. The summed E-state index contributed by atoms with van der Waals surface area (Å²) in [5.41, 5.74) is 0.811. The van der Waals surface area contributed by atoms with Crippen LogP contribution in [0.1, 0.15) is 45.9 Å². The molecule has 1 amide bonds. The summed E-state index contributed by atoms with van der Waals surface area (Å²) >= 11 is 0. The van der Waals surface area contributed by atoms with Gasteiger partial charge in [-0.05, 0) is 53.2 Å². The Morgan fingerprint density at radius 1 is 1.29 bits per heavy atom. The summed E-state index contributed by atoms with van der Waals surface area (Å²) in [6.45, 7) is 12.8. The number of aromatic nitrogens is 1. The van der Waals surface area contributed by atoms with Crippen LogP contribution in [-0.4, -0.2) is 46.8 Å². The molecule has 6 nitrogen and oxygen atoms in total. The highest BCUT2D eigenvalue weighted by Crippen LogP contribution is 2.24. The summed E-state index contributed by atoms with van der Waals surface area (Å²) < 4.78 is 5.52. The summed E-state index contributed by atoms with van der Waals surface area (Å²) in [6.07, 6.45) is -0.281. The Morgan fingerprint density at radius 3 is 2.38 bits per heavy atom. The third-order valence-corrected chi connectivity index (χ3v) is 4.04. The summed E-state index contributed by atoms with van der Waals surface area (Å²) in [5, 5.41) is 9.17. The van der Waals surface area contributed by atoms with E-state index in [-0.39, 0.29) is 18.2 Å². The van der Waals surface area contributed by atoms with Gasteiger partial charge < -0.3 is 9.64 Å². The van der Waals surface area contributed by atoms with Gasteiger partial charge in [0.25, 0.3) is 0 Å². The van der Waals surface area contributed by atoms with E-state index in [4.69, 9.17) is 10.00 Å². The standard InChI is InChI=1S/C18H26N4O2/c1-12-7-8-16(20-15(12)9-19)21-10-13(2)22(14(3)11-21)17(23)24-18(4,5)6/h7-8,13-14H,10-11H2,1-6H3/t13-,14+. The Hall–Kier alpha value is -2.29. The summed E-state index contributed by atoms with van der Waals surface area (Å²) in [7, 11) is 0. The van der Waals surface area contributed by atoms with Crippen molar-refractivity contribution >= 4 is 11.9 Å². The maximum Gasteiger partial charge on any atom is 0.410 e. The molecule has 6 heteroatoms. The number of rotatable bonds is 1. The Bertz CT molecular complexity index is 648. The first kappa shape index (κ1) is 18.1. The first-order valence-electron chi connectivity index (χ1n) is 8.26. The molecule has 0 radical (unpaired) electrons. The zero-order valence-electron chi connectivity index (χ0n) is 15.3. The molecule has 1 aromatic rings. The van der Waals surface area contributed by atoms with E-state index in [9.17, 15) is 4.79 Å². The van der Waals surface area contributed by atoms with Crippen LogP contribution in [0.5, 0.6) is 0 Å². The monoisotopic (exact) mass is 330 g/mol. The molecule has 0 aliphatic carbocycles. The molecule has 1 aliphatic rings. The number of hydrogen-bond acceptors (Lipinski definition) is 5. The molecule has 0 spiro atoms. The normalized spacial score (nSPS) is 21.4. The van der Waals surface area contributed by atoms with E-state index in [1.54, 1.807) is 4.90 Å². The van der Waals surface area contributed by atoms with Crippen molar-refractivity contribution < 1.29 is 9.53 Å². The van der Waals surface area contributed by atoms with Gasteiger partial charge in [0.15, 0.2) is 0 Å². The van der Waals surface area contributed by atoms with E-state index in [0.29, 0.717) is 18.8 Å². The molecule has 1 fully saturated rings. The maximum atomic E-state index is 12.4. The van der Waals surface area contributed by atoms with Gasteiger partial charge in [0.1, 0.15) is 23.2 Å². The second-order valence-corrected chi connectivity index (χ2v) is 7.44. The molecule has 0 N–H and O–H groups in total. The number of nitriles is 1. The first-order valence-corrected chi connectivity index (χ1v) is 8.26. The smallest absolute Gasteiger partial charge is 0.410 e. The van der Waals surface area contributed by atoms with Crippen LogP contribution < -0.4 is 4.90 Å². The van der Waals surface area contributed by atoms with Crippen LogP contribution in [0.2, 0.25) is 0 Å². The van der Waals surface area contributed by atoms with Gasteiger partial charge in [-0.3, -0.25) is 4.90 Å². The number of hydrogen-bond donors (Lipinski definition) is 0. The zero-order valence-corrected chi connectivity index (χ0v) is 15.3. The topological polar surface area (TPSA) is 69.5 Å². The lowest BCUT2D eigenvalue weighted by atomic mass is 10.1. The van der Waals surface area contributed by atoms with Crippen LogP contribution in [0.4, 0.5) is 10.6 Å². The number of carbonyl (C=O) groups excluding carboxylic acids is 1. The maximum absolute atomic E-state index is 12.4. The second kappa shape index (κ2) is 6.68. The number of nitrogens with zero attached hydrogens (tertiary/aromatic N) is 4. The van der Waals surface area contributed by atoms with E-state index in [0.717, 1.165) is 11.4 Å². The number of piperazine rings is 1. The molecule has 130 valence electrons. The number of ether oxygens (including phenoxy) is 1. The molecule has 2 atom stereocenters. The number of amides is 1. The Kier molecular flexibility index (Phi) is 5.02. The van der Waals surface area contributed by atoms with Crippen molar-refractivity contribution in [3.8, 4) is 6.07 Å². The molecule has 1 aromatic heterocycles. The van der Waals surface area contributed by atoms with E-state index in [2.05, 4.69) is 16.0 Å². The lowest BCUT2D eigenvalue weighted by Crippen LogP contribution is -2.59. The van der Waals surface area contributed by atoms with Crippen molar-refractivity contribution in [2.24, 2.45) is 0 Å². The van der Waals surface area contributed by atoms with Crippen molar-refractivity contribution in [1.82, 2.24) is 9.88 Å². The van der Waals surface area contributed by atoms with Gasteiger partial charge in [-0.15, -0.1) is 0 Å². The van der Waals surface area contributed by atoms with Crippen LogP contribution in [0, 0.1) is 18.3 Å². The molecule has 24 heavy (non-hydrogen) atoms. The van der Waals surface area contributed by atoms with Crippen LogP contribution in [-0.2, 0) is 4.74 Å². The minimum Gasteiger partial charge on any atom is -0.444 e. The van der Waals surface area contributed by atoms with E-state index >= 15 is 0 Å². The predicted octanol–water partition coefficient (Wildman–Crippen LogP) is 3.10. The van der Waals surface area contributed by atoms with Crippen LogP contribution in [0.15, 0.2) is 12.1 Å². The minimum atomic E-state index is -0.506. The van der Waals surface area contributed by atoms with Gasteiger partial charge in [0.05, 0.1) is 12.1 Å². The fourth-order valence-electron chi connectivity index (χ4n) is 2.99. The van der Waals surface area contributed by atoms with Gasteiger partial charge in [-0.2, -0.15) is 5.26 Å².